The predicted octanol–water partition coefficient (Wildman–Crippen LogP) is 2.30. The molecule has 1 rings (SSSR count). The smallest absolute Gasteiger partial charge is 0.252 e. The third kappa shape index (κ3) is 5.44. The number of carbonyl (C=O) groups excluding carboxylic acids is 1. The molecule has 0 saturated carbocycles. The Balaban J connectivity index is 0.00000256. The Morgan fingerprint density at radius 1 is 1.41 bits per heavy atom. The quantitative estimate of drug-likeness (QED) is 0.810. The van der Waals surface area contributed by atoms with Crippen LogP contribution in [0, 0.1) is 0 Å². The number of thioether (sulfide) groups is 1. The maximum atomic E-state index is 11.8. The molecule has 3 nitrogen and oxygen atoms in total. The molecule has 0 heterocycles. The van der Waals surface area contributed by atoms with Crippen LogP contribution in [0.25, 0.3) is 0 Å². The molecule has 0 aliphatic rings. The predicted molar refractivity (Wildman–Crippen MR) is 76.1 cm³/mol. The van der Waals surface area contributed by atoms with Crippen molar-refractivity contribution >= 4 is 30.1 Å². The lowest BCUT2D eigenvalue weighted by Crippen LogP contribution is -2.29. The van der Waals surface area contributed by atoms with E-state index in [4.69, 9.17) is 5.73 Å². The number of hydrogen-bond donors (Lipinski definition) is 2. The maximum absolute atomic E-state index is 11.8. The highest BCUT2D eigenvalue weighted by atomic mass is 35.5. The summed E-state index contributed by atoms with van der Waals surface area (Å²) in [6.07, 6.45) is 0. The van der Waals surface area contributed by atoms with Gasteiger partial charge >= 0.3 is 0 Å². The third-order valence-electron chi connectivity index (χ3n) is 1.92. The van der Waals surface area contributed by atoms with E-state index in [1.807, 2.05) is 24.3 Å². The second-order valence-corrected chi connectivity index (χ2v) is 5.33. The monoisotopic (exact) mass is 274 g/mol. The first-order chi connectivity index (χ1) is 7.65. The molecule has 0 radical (unpaired) electrons. The molecule has 0 atom stereocenters. The second-order valence-electron chi connectivity index (χ2n) is 3.71. The number of amides is 1. The fourth-order valence-corrected chi connectivity index (χ4v) is 2.24. The van der Waals surface area contributed by atoms with E-state index in [2.05, 4.69) is 19.2 Å². The Hall–Kier alpha value is -0.710. The van der Waals surface area contributed by atoms with Gasteiger partial charge in [0.05, 0.1) is 5.56 Å². The minimum absolute atomic E-state index is 0. The average molecular weight is 275 g/mol. The van der Waals surface area contributed by atoms with Crippen molar-refractivity contribution in [2.24, 2.45) is 5.73 Å². The average Bonchev–Trinajstić information content (AvgIpc) is 2.26. The van der Waals surface area contributed by atoms with Gasteiger partial charge in [0, 0.05) is 23.2 Å². The van der Waals surface area contributed by atoms with Gasteiger partial charge in [0.15, 0.2) is 0 Å². The van der Waals surface area contributed by atoms with E-state index in [-0.39, 0.29) is 18.3 Å². The molecule has 0 unspecified atom stereocenters. The van der Waals surface area contributed by atoms with Crippen molar-refractivity contribution in [3.63, 3.8) is 0 Å². The zero-order valence-electron chi connectivity index (χ0n) is 10.1. The summed E-state index contributed by atoms with van der Waals surface area (Å²) in [6, 6.07) is 7.64. The zero-order valence-corrected chi connectivity index (χ0v) is 11.7. The van der Waals surface area contributed by atoms with E-state index in [9.17, 15) is 4.79 Å². The van der Waals surface area contributed by atoms with Gasteiger partial charge in [0.25, 0.3) is 5.91 Å². The lowest BCUT2D eigenvalue weighted by molar-refractivity contribution is 0.0952. The minimum Gasteiger partial charge on any atom is -0.351 e. The molecule has 0 aliphatic heterocycles. The van der Waals surface area contributed by atoms with Crippen LogP contribution >= 0.6 is 24.2 Å². The van der Waals surface area contributed by atoms with E-state index < -0.39 is 0 Å². The molecule has 17 heavy (non-hydrogen) atoms. The summed E-state index contributed by atoms with van der Waals surface area (Å²) < 4.78 is 0. The highest BCUT2D eigenvalue weighted by molar-refractivity contribution is 8.00. The highest BCUT2D eigenvalue weighted by Gasteiger charge is 2.11. The Labute approximate surface area is 113 Å². The standard InChI is InChI=1S/C12H18N2OS.ClH/c1-9(2)16-11-6-4-3-5-10(11)12(15)14-8-7-13;/h3-6,9H,7-8,13H2,1-2H3,(H,14,15);1H. The van der Waals surface area contributed by atoms with E-state index in [1.54, 1.807) is 11.8 Å². The number of hydrogen-bond acceptors (Lipinski definition) is 3. The largest absolute Gasteiger partial charge is 0.351 e. The summed E-state index contributed by atoms with van der Waals surface area (Å²) in [6.45, 7) is 5.20. The van der Waals surface area contributed by atoms with Crippen LogP contribution in [-0.2, 0) is 0 Å². The molecule has 1 aromatic carbocycles. The number of rotatable bonds is 5. The Bertz CT molecular complexity index is 358. The fourth-order valence-electron chi connectivity index (χ4n) is 1.29. The summed E-state index contributed by atoms with van der Waals surface area (Å²) in [7, 11) is 0. The zero-order chi connectivity index (χ0) is 12.0. The van der Waals surface area contributed by atoms with E-state index in [1.165, 1.54) is 0 Å². The number of halogens is 1. The molecule has 3 N–H and O–H groups in total. The molecule has 96 valence electrons. The summed E-state index contributed by atoms with van der Waals surface area (Å²) >= 11 is 1.69. The minimum atomic E-state index is -0.0470. The Kier molecular flexibility index (Phi) is 8.04. The molecule has 0 aromatic heterocycles. The molecule has 0 spiro atoms. The van der Waals surface area contributed by atoms with Gasteiger partial charge in [-0.3, -0.25) is 4.79 Å². The van der Waals surface area contributed by atoms with Crippen molar-refractivity contribution in [2.45, 2.75) is 24.0 Å². The van der Waals surface area contributed by atoms with Gasteiger partial charge in [0.1, 0.15) is 0 Å². The topological polar surface area (TPSA) is 55.1 Å². The van der Waals surface area contributed by atoms with Crippen LogP contribution < -0.4 is 11.1 Å². The van der Waals surface area contributed by atoms with E-state index in [0.29, 0.717) is 18.3 Å². The molecule has 0 fully saturated rings. The van der Waals surface area contributed by atoms with Gasteiger partial charge in [-0.15, -0.1) is 24.2 Å². The van der Waals surface area contributed by atoms with E-state index >= 15 is 0 Å². The second kappa shape index (κ2) is 8.39. The van der Waals surface area contributed by atoms with Gasteiger partial charge in [-0.05, 0) is 12.1 Å². The first-order valence-electron chi connectivity index (χ1n) is 5.39. The van der Waals surface area contributed by atoms with Crippen molar-refractivity contribution in [2.75, 3.05) is 13.1 Å². The van der Waals surface area contributed by atoms with Crippen LogP contribution in [0.2, 0.25) is 0 Å². The van der Waals surface area contributed by atoms with Crippen LogP contribution in [0.1, 0.15) is 24.2 Å². The number of nitrogens with one attached hydrogen (secondary N) is 1. The third-order valence-corrected chi connectivity index (χ3v) is 3.01. The van der Waals surface area contributed by atoms with Crippen LogP contribution in [0.3, 0.4) is 0 Å². The van der Waals surface area contributed by atoms with Gasteiger partial charge in [-0.2, -0.15) is 0 Å². The van der Waals surface area contributed by atoms with Gasteiger partial charge < -0.3 is 11.1 Å². The molecule has 0 aliphatic carbocycles. The summed E-state index contributed by atoms with van der Waals surface area (Å²) in [4.78, 5) is 12.8. The van der Waals surface area contributed by atoms with E-state index in [0.717, 1.165) is 10.5 Å². The normalized spacial score (nSPS) is 9.88. The molecule has 5 heteroatoms. The molecule has 0 bridgehead atoms. The number of nitrogens with two attached hydrogens (primary N) is 1. The summed E-state index contributed by atoms with van der Waals surface area (Å²) in [5.74, 6) is -0.0470. The first kappa shape index (κ1) is 16.3. The molecular formula is C12H19ClN2OS. The summed E-state index contributed by atoms with van der Waals surface area (Å²) in [5.41, 5.74) is 6.08. The first-order valence-corrected chi connectivity index (χ1v) is 6.27. The van der Waals surface area contributed by atoms with Crippen molar-refractivity contribution in [1.29, 1.82) is 0 Å². The van der Waals surface area contributed by atoms with Crippen LogP contribution in [-0.4, -0.2) is 24.2 Å². The number of benzene rings is 1. The van der Waals surface area contributed by atoms with Crippen molar-refractivity contribution in [1.82, 2.24) is 5.32 Å². The fraction of sp³-hybridized carbons (Fsp3) is 0.417. The lowest BCUT2D eigenvalue weighted by Gasteiger charge is -2.10. The van der Waals surface area contributed by atoms with Gasteiger partial charge in [-0.25, -0.2) is 0 Å². The molecule has 1 amide bonds. The maximum Gasteiger partial charge on any atom is 0.252 e. The van der Waals surface area contributed by atoms with Crippen molar-refractivity contribution < 1.29 is 4.79 Å². The van der Waals surface area contributed by atoms with Gasteiger partial charge in [-0.1, -0.05) is 26.0 Å². The molecule has 0 saturated heterocycles. The van der Waals surface area contributed by atoms with Crippen molar-refractivity contribution in [3.8, 4) is 0 Å². The lowest BCUT2D eigenvalue weighted by atomic mass is 10.2. The summed E-state index contributed by atoms with van der Waals surface area (Å²) in [5, 5.41) is 3.25. The van der Waals surface area contributed by atoms with Crippen LogP contribution in [0.15, 0.2) is 29.2 Å². The molecular weight excluding hydrogens is 256 g/mol. The number of carbonyl (C=O) groups is 1. The SMILES string of the molecule is CC(C)Sc1ccccc1C(=O)NCCN.Cl. The van der Waals surface area contributed by atoms with Crippen molar-refractivity contribution in [3.05, 3.63) is 29.8 Å². The van der Waals surface area contributed by atoms with Crippen LogP contribution in [0.4, 0.5) is 0 Å². The molecule has 1 aromatic rings. The Morgan fingerprint density at radius 2 is 2.06 bits per heavy atom. The van der Waals surface area contributed by atoms with Gasteiger partial charge in [0.2, 0.25) is 0 Å². The van der Waals surface area contributed by atoms with Crippen LogP contribution in [0.5, 0.6) is 0 Å². The Morgan fingerprint density at radius 3 is 2.65 bits per heavy atom. The highest BCUT2D eigenvalue weighted by Crippen LogP contribution is 2.26.